The molecule has 0 radical (unpaired) electrons. The minimum Gasteiger partial charge on any atom is -0.493 e. The standard InChI is InChI=1S/C14H16O4/c1-4-17-13(15)8-10-5-6-12(16-3)14-11(10)7-9(2)18-14/h5-7H,4,8H2,1-3H3. The second-order valence-electron chi connectivity index (χ2n) is 4.01. The first-order chi connectivity index (χ1) is 8.65. The normalized spacial score (nSPS) is 10.6. The van der Waals surface area contributed by atoms with Crippen LogP contribution in [0.25, 0.3) is 11.0 Å². The lowest BCUT2D eigenvalue weighted by Gasteiger charge is -2.05. The summed E-state index contributed by atoms with van der Waals surface area (Å²) < 4.78 is 15.8. The van der Waals surface area contributed by atoms with E-state index in [1.807, 2.05) is 19.1 Å². The fourth-order valence-corrected chi connectivity index (χ4v) is 1.96. The molecule has 0 amide bonds. The molecule has 0 aliphatic rings. The number of methoxy groups -OCH3 is 1. The average molecular weight is 248 g/mol. The van der Waals surface area contributed by atoms with Gasteiger partial charge in [-0.15, -0.1) is 0 Å². The van der Waals surface area contributed by atoms with Gasteiger partial charge in [-0.1, -0.05) is 6.07 Å². The van der Waals surface area contributed by atoms with Crippen LogP contribution < -0.4 is 4.74 Å². The zero-order valence-corrected chi connectivity index (χ0v) is 10.8. The minimum absolute atomic E-state index is 0.234. The Morgan fingerprint density at radius 2 is 2.17 bits per heavy atom. The van der Waals surface area contributed by atoms with Crippen molar-refractivity contribution in [2.24, 2.45) is 0 Å². The van der Waals surface area contributed by atoms with Crippen molar-refractivity contribution < 1.29 is 18.7 Å². The van der Waals surface area contributed by atoms with E-state index in [9.17, 15) is 4.79 Å². The minimum atomic E-state index is -0.234. The Morgan fingerprint density at radius 1 is 1.39 bits per heavy atom. The summed E-state index contributed by atoms with van der Waals surface area (Å²) in [6, 6.07) is 5.58. The molecule has 1 aromatic carbocycles. The Bertz CT molecular complexity index is 568. The molecule has 4 nitrogen and oxygen atoms in total. The molecule has 0 fully saturated rings. The first-order valence-electron chi connectivity index (χ1n) is 5.87. The van der Waals surface area contributed by atoms with E-state index in [0.717, 1.165) is 16.7 Å². The number of fused-ring (bicyclic) bond motifs is 1. The summed E-state index contributed by atoms with van der Waals surface area (Å²) in [6.45, 7) is 4.06. The Morgan fingerprint density at radius 3 is 2.83 bits per heavy atom. The lowest BCUT2D eigenvalue weighted by molar-refractivity contribution is -0.142. The van der Waals surface area contributed by atoms with E-state index in [4.69, 9.17) is 13.9 Å². The van der Waals surface area contributed by atoms with Crippen molar-refractivity contribution in [2.45, 2.75) is 20.3 Å². The Hall–Kier alpha value is -1.97. The maximum Gasteiger partial charge on any atom is 0.310 e. The van der Waals surface area contributed by atoms with Crippen molar-refractivity contribution in [2.75, 3.05) is 13.7 Å². The number of aryl methyl sites for hydroxylation is 1. The topological polar surface area (TPSA) is 48.7 Å². The van der Waals surface area contributed by atoms with Gasteiger partial charge in [0.1, 0.15) is 5.76 Å². The number of esters is 1. The van der Waals surface area contributed by atoms with E-state index in [1.54, 1.807) is 20.1 Å². The molecule has 1 aromatic heterocycles. The van der Waals surface area contributed by atoms with Gasteiger partial charge in [0, 0.05) is 5.39 Å². The highest BCUT2D eigenvalue weighted by Crippen LogP contribution is 2.31. The lowest BCUT2D eigenvalue weighted by atomic mass is 10.1. The van der Waals surface area contributed by atoms with E-state index in [1.165, 1.54) is 0 Å². The van der Waals surface area contributed by atoms with E-state index in [0.29, 0.717) is 17.9 Å². The largest absolute Gasteiger partial charge is 0.493 e. The summed E-state index contributed by atoms with van der Waals surface area (Å²) in [5, 5.41) is 0.903. The van der Waals surface area contributed by atoms with Crippen LogP contribution in [0.5, 0.6) is 5.75 Å². The predicted octanol–water partition coefficient (Wildman–Crippen LogP) is 2.86. The first-order valence-corrected chi connectivity index (χ1v) is 5.87. The van der Waals surface area contributed by atoms with Crippen LogP contribution in [0.1, 0.15) is 18.2 Å². The number of carbonyl (C=O) groups excluding carboxylic acids is 1. The summed E-state index contributed by atoms with van der Waals surface area (Å²) >= 11 is 0. The molecule has 0 N–H and O–H groups in total. The molecule has 96 valence electrons. The van der Waals surface area contributed by atoms with Crippen LogP contribution in [-0.2, 0) is 16.0 Å². The maximum atomic E-state index is 11.5. The molecular formula is C14H16O4. The molecule has 4 heteroatoms. The number of hydrogen-bond donors (Lipinski definition) is 0. The molecule has 0 aliphatic heterocycles. The smallest absolute Gasteiger partial charge is 0.310 e. The van der Waals surface area contributed by atoms with Gasteiger partial charge in [-0.05, 0) is 31.5 Å². The third-order valence-electron chi connectivity index (χ3n) is 2.72. The second kappa shape index (κ2) is 5.12. The summed E-state index contributed by atoms with van der Waals surface area (Å²) in [5.74, 6) is 1.23. The highest BCUT2D eigenvalue weighted by Gasteiger charge is 2.14. The van der Waals surface area contributed by atoms with Crippen LogP contribution in [0.3, 0.4) is 0 Å². The van der Waals surface area contributed by atoms with Gasteiger partial charge in [0.2, 0.25) is 0 Å². The number of ether oxygens (including phenoxy) is 2. The Labute approximate surface area is 105 Å². The fourth-order valence-electron chi connectivity index (χ4n) is 1.96. The summed E-state index contributed by atoms with van der Waals surface area (Å²) in [6.07, 6.45) is 0.243. The van der Waals surface area contributed by atoms with Crippen molar-refractivity contribution in [3.8, 4) is 5.75 Å². The molecule has 1 heterocycles. The van der Waals surface area contributed by atoms with Crippen molar-refractivity contribution in [3.63, 3.8) is 0 Å². The zero-order valence-electron chi connectivity index (χ0n) is 10.8. The molecule has 0 saturated carbocycles. The van der Waals surface area contributed by atoms with Crippen molar-refractivity contribution >= 4 is 16.9 Å². The highest BCUT2D eigenvalue weighted by molar-refractivity contribution is 5.90. The highest BCUT2D eigenvalue weighted by atomic mass is 16.5. The molecule has 0 atom stereocenters. The van der Waals surface area contributed by atoms with Gasteiger partial charge in [0.25, 0.3) is 0 Å². The number of carbonyl (C=O) groups is 1. The maximum absolute atomic E-state index is 11.5. The number of rotatable bonds is 4. The van der Waals surface area contributed by atoms with Crippen LogP contribution in [-0.4, -0.2) is 19.7 Å². The van der Waals surface area contributed by atoms with E-state index in [2.05, 4.69) is 0 Å². The van der Waals surface area contributed by atoms with Crippen molar-refractivity contribution in [1.29, 1.82) is 0 Å². The van der Waals surface area contributed by atoms with Crippen molar-refractivity contribution in [1.82, 2.24) is 0 Å². The van der Waals surface area contributed by atoms with Gasteiger partial charge in [0.05, 0.1) is 20.1 Å². The lowest BCUT2D eigenvalue weighted by Crippen LogP contribution is -2.07. The monoisotopic (exact) mass is 248 g/mol. The zero-order chi connectivity index (χ0) is 13.1. The molecule has 0 aliphatic carbocycles. The van der Waals surface area contributed by atoms with Gasteiger partial charge < -0.3 is 13.9 Å². The van der Waals surface area contributed by atoms with Crippen LogP contribution in [0.15, 0.2) is 22.6 Å². The Balaban J connectivity index is 2.42. The second-order valence-corrected chi connectivity index (χ2v) is 4.01. The van der Waals surface area contributed by atoms with Gasteiger partial charge >= 0.3 is 5.97 Å². The van der Waals surface area contributed by atoms with Crippen molar-refractivity contribution in [3.05, 3.63) is 29.5 Å². The molecule has 18 heavy (non-hydrogen) atoms. The van der Waals surface area contributed by atoms with Gasteiger partial charge in [-0.3, -0.25) is 4.79 Å². The summed E-state index contributed by atoms with van der Waals surface area (Å²) in [7, 11) is 1.59. The number of hydrogen-bond acceptors (Lipinski definition) is 4. The average Bonchev–Trinajstić information content (AvgIpc) is 2.72. The SMILES string of the molecule is CCOC(=O)Cc1ccc(OC)c2oc(C)cc12. The van der Waals surface area contributed by atoms with Crippen LogP contribution in [0, 0.1) is 6.92 Å². The Kier molecular flexibility index (Phi) is 3.55. The molecule has 0 saturated heterocycles. The fraction of sp³-hybridized carbons (Fsp3) is 0.357. The van der Waals surface area contributed by atoms with Crippen LogP contribution >= 0.6 is 0 Å². The van der Waals surface area contributed by atoms with Gasteiger partial charge in [-0.25, -0.2) is 0 Å². The van der Waals surface area contributed by atoms with E-state index >= 15 is 0 Å². The quantitative estimate of drug-likeness (QED) is 0.781. The van der Waals surface area contributed by atoms with Gasteiger partial charge in [-0.2, -0.15) is 0 Å². The molecule has 0 spiro atoms. The van der Waals surface area contributed by atoms with Crippen LogP contribution in [0.4, 0.5) is 0 Å². The van der Waals surface area contributed by atoms with E-state index in [-0.39, 0.29) is 12.4 Å². The van der Waals surface area contributed by atoms with E-state index < -0.39 is 0 Å². The molecular weight excluding hydrogens is 232 g/mol. The number of furan rings is 1. The summed E-state index contributed by atoms with van der Waals surface area (Å²) in [5.41, 5.74) is 1.57. The first kappa shape index (κ1) is 12.5. The summed E-state index contributed by atoms with van der Waals surface area (Å²) in [4.78, 5) is 11.5. The number of benzene rings is 1. The predicted molar refractivity (Wildman–Crippen MR) is 67.8 cm³/mol. The van der Waals surface area contributed by atoms with Crippen LogP contribution in [0.2, 0.25) is 0 Å². The molecule has 0 unspecified atom stereocenters. The van der Waals surface area contributed by atoms with Gasteiger partial charge in [0.15, 0.2) is 11.3 Å². The third-order valence-corrected chi connectivity index (χ3v) is 2.72. The molecule has 2 rings (SSSR count). The third kappa shape index (κ3) is 2.32. The molecule has 2 aromatic rings. The molecule has 0 bridgehead atoms.